The quantitative estimate of drug-likeness (QED) is 0.694. The molecule has 2 aromatic carbocycles. The third-order valence-corrected chi connectivity index (χ3v) is 3.18. The molecule has 0 spiro atoms. The van der Waals surface area contributed by atoms with Crippen LogP contribution in [0.4, 0.5) is 18.9 Å². The maximum atomic E-state index is 13.4. The maximum absolute atomic E-state index is 13.4. The molecule has 0 atom stereocenters. The van der Waals surface area contributed by atoms with Gasteiger partial charge in [-0.2, -0.15) is 0 Å². The first-order valence-electron chi connectivity index (χ1n) is 5.84. The predicted molar refractivity (Wildman–Crippen MR) is 70.4 cm³/mol. The summed E-state index contributed by atoms with van der Waals surface area (Å²) in [5, 5.41) is 0. The van der Waals surface area contributed by atoms with Gasteiger partial charge in [0, 0.05) is 24.4 Å². The van der Waals surface area contributed by atoms with Gasteiger partial charge in [0.15, 0.2) is 11.6 Å². The van der Waals surface area contributed by atoms with Crippen molar-refractivity contribution in [2.24, 2.45) is 7.05 Å². The Hall–Kier alpha value is -2.50. The molecule has 1 aromatic heterocycles. The van der Waals surface area contributed by atoms with Crippen LogP contribution in [0.3, 0.4) is 0 Å². The molecule has 0 saturated heterocycles. The Morgan fingerprint density at radius 3 is 2.50 bits per heavy atom. The molecule has 0 radical (unpaired) electrons. The minimum absolute atomic E-state index is 0.0720. The first-order valence-corrected chi connectivity index (χ1v) is 5.84. The number of aromatic nitrogens is 2. The van der Waals surface area contributed by atoms with Crippen molar-refractivity contribution in [2.75, 3.05) is 5.73 Å². The highest BCUT2D eigenvalue weighted by Gasteiger charge is 2.15. The molecule has 3 aromatic rings. The SMILES string of the molecule is Cn1c(-c2cc(F)c(F)cc2N)nc2ccc(F)cc21. The molecule has 0 aliphatic rings. The molecule has 102 valence electrons. The van der Waals surface area contributed by atoms with Crippen molar-refractivity contribution in [3.8, 4) is 11.4 Å². The van der Waals surface area contributed by atoms with E-state index in [2.05, 4.69) is 4.98 Å². The van der Waals surface area contributed by atoms with E-state index in [4.69, 9.17) is 5.73 Å². The predicted octanol–water partition coefficient (Wildman–Crippen LogP) is 3.24. The lowest BCUT2D eigenvalue weighted by atomic mass is 10.1. The van der Waals surface area contributed by atoms with Crippen LogP contribution < -0.4 is 5.73 Å². The van der Waals surface area contributed by atoms with Crippen molar-refractivity contribution < 1.29 is 13.2 Å². The molecule has 0 unspecified atom stereocenters. The van der Waals surface area contributed by atoms with Gasteiger partial charge in [-0.1, -0.05) is 0 Å². The highest BCUT2D eigenvalue weighted by molar-refractivity contribution is 5.83. The summed E-state index contributed by atoms with van der Waals surface area (Å²) in [6, 6.07) is 6.02. The Morgan fingerprint density at radius 1 is 1.05 bits per heavy atom. The van der Waals surface area contributed by atoms with Crippen LogP contribution in [0.25, 0.3) is 22.4 Å². The maximum Gasteiger partial charge on any atom is 0.160 e. The van der Waals surface area contributed by atoms with Crippen LogP contribution in [-0.2, 0) is 7.05 Å². The number of nitrogen functional groups attached to an aromatic ring is 1. The third kappa shape index (κ3) is 1.80. The molecule has 0 aliphatic carbocycles. The summed E-state index contributed by atoms with van der Waals surface area (Å²) in [6.07, 6.45) is 0. The van der Waals surface area contributed by atoms with E-state index in [-0.39, 0.29) is 11.3 Å². The molecule has 2 N–H and O–H groups in total. The number of nitrogens with two attached hydrogens (primary N) is 1. The lowest BCUT2D eigenvalue weighted by Gasteiger charge is -2.06. The molecule has 0 aliphatic heterocycles. The number of benzene rings is 2. The van der Waals surface area contributed by atoms with E-state index in [0.717, 1.165) is 12.1 Å². The van der Waals surface area contributed by atoms with Crippen LogP contribution in [0.1, 0.15) is 0 Å². The zero-order valence-electron chi connectivity index (χ0n) is 10.5. The molecule has 6 heteroatoms. The molecule has 20 heavy (non-hydrogen) atoms. The Kier molecular flexibility index (Phi) is 2.67. The summed E-state index contributed by atoms with van der Waals surface area (Å²) in [5.74, 6) is -2.07. The van der Waals surface area contributed by atoms with Gasteiger partial charge in [0.1, 0.15) is 11.6 Å². The van der Waals surface area contributed by atoms with E-state index in [9.17, 15) is 13.2 Å². The van der Waals surface area contributed by atoms with Crippen molar-refractivity contribution in [2.45, 2.75) is 0 Å². The minimum atomic E-state index is -1.02. The summed E-state index contributed by atoms with van der Waals surface area (Å²) in [7, 11) is 1.66. The molecule has 3 rings (SSSR count). The number of rotatable bonds is 1. The minimum Gasteiger partial charge on any atom is -0.398 e. The second kappa shape index (κ2) is 4.26. The Balaban J connectivity index is 2.30. The van der Waals surface area contributed by atoms with Crippen LogP contribution in [0, 0.1) is 17.5 Å². The van der Waals surface area contributed by atoms with Crippen molar-refractivity contribution in [3.63, 3.8) is 0 Å². The average molecular weight is 277 g/mol. The number of anilines is 1. The molecule has 0 fully saturated rings. The van der Waals surface area contributed by atoms with E-state index < -0.39 is 17.5 Å². The molecule has 0 amide bonds. The Labute approximate surface area is 112 Å². The van der Waals surface area contributed by atoms with Crippen LogP contribution in [0.15, 0.2) is 30.3 Å². The summed E-state index contributed by atoms with van der Waals surface area (Å²) in [4.78, 5) is 4.28. The van der Waals surface area contributed by atoms with Crippen molar-refractivity contribution >= 4 is 16.7 Å². The fourth-order valence-corrected chi connectivity index (χ4v) is 2.16. The van der Waals surface area contributed by atoms with Gasteiger partial charge < -0.3 is 10.3 Å². The topological polar surface area (TPSA) is 43.8 Å². The molecule has 3 nitrogen and oxygen atoms in total. The summed E-state index contributed by atoms with van der Waals surface area (Å²) < 4.78 is 41.3. The van der Waals surface area contributed by atoms with Gasteiger partial charge in [-0.15, -0.1) is 0 Å². The number of aryl methyl sites for hydroxylation is 1. The van der Waals surface area contributed by atoms with Crippen LogP contribution >= 0.6 is 0 Å². The van der Waals surface area contributed by atoms with Crippen LogP contribution in [0.2, 0.25) is 0 Å². The molecule has 0 saturated carbocycles. The standard InChI is InChI=1S/C14H10F3N3/c1-20-13-4-7(15)2-3-12(13)19-14(20)8-5-9(16)10(17)6-11(8)18/h2-6H,18H2,1H3. The zero-order chi connectivity index (χ0) is 14.4. The monoisotopic (exact) mass is 277 g/mol. The lowest BCUT2D eigenvalue weighted by Crippen LogP contribution is -1.99. The number of imidazole rings is 1. The van der Waals surface area contributed by atoms with Crippen molar-refractivity contribution in [1.82, 2.24) is 9.55 Å². The van der Waals surface area contributed by atoms with E-state index in [1.54, 1.807) is 11.6 Å². The van der Waals surface area contributed by atoms with Crippen LogP contribution in [-0.4, -0.2) is 9.55 Å². The van der Waals surface area contributed by atoms with E-state index in [1.807, 2.05) is 0 Å². The summed E-state index contributed by atoms with van der Waals surface area (Å²) in [6.45, 7) is 0. The second-order valence-corrected chi connectivity index (χ2v) is 4.48. The molecule has 0 bridgehead atoms. The Bertz CT molecular complexity index is 824. The van der Waals surface area contributed by atoms with Gasteiger partial charge in [-0.05, 0) is 24.3 Å². The van der Waals surface area contributed by atoms with Gasteiger partial charge in [-0.25, -0.2) is 18.2 Å². The number of fused-ring (bicyclic) bond motifs is 1. The average Bonchev–Trinajstić information content (AvgIpc) is 2.71. The first-order chi connectivity index (χ1) is 9.47. The largest absolute Gasteiger partial charge is 0.398 e. The third-order valence-electron chi connectivity index (χ3n) is 3.18. The fourth-order valence-electron chi connectivity index (χ4n) is 2.16. The lowest BCUT2D eigenvalue weighted by molar-refractivity contribution is 0.509. The van der Waals surface area contributed by atoms with Gasteiger partial charge in [0.05, 0.1) is 11.0 Å². The summed E-state index contributed by atoms with van der Waals surface area (Å²) >= 11 is 0. The number of halogens is 3. The smallest absolute Gasteiger partial charge is 0.160 e. The van der Waals surface area contributed by atoms with Gasteiger partial charge >= 0.3 is 0 Å². The van der Waals surface area contributed by atoms with E-state index in [1.165, 1.54) is 18.2 Å². The second-order valence-electron chi connectivity index (χ2n) is 4.48. The number of hydrogen-bond acceptors (Lipinski definition) is 2. The first kappa shape index (κ1) is 12.5. The van der Waals surface area contributed by atoms with Gasteiger partial charge in [0.25, 0.3) is 0 Å². The normalized spacial score (nSPS) is 11.2. The van der Waals surface area contributed by atoms with Crippen molar-refractivity contribution in [3.05, 3.63) is 47.8 Å². The molecular formula is C14H10F3N3. The number of nitrogens with zero attached hydrogens (tertiary/aromatic N) is 2. The highest BCUT2D eigenvalue weighted by Crippen LogP contribution is 2.30. The fraction of sp³-hybridized carbons (Fsp3) is 0.0714. The van der Waals surface area contributed by atoms with Crippen LogP contribution in [0.5, 0.6) is 0 Å². The van der Waals surface area contributed by atoms with Gasteiger partial charge in [-0.3, -0.25) is 0 Å². The highest BCUT2D eigenvalue weighted by atomic mass is 19.2. The van der Waals surface area contributed by atoms with Crippen molar-refractivity contribution in [1.29, 1.82) is 0 Å². The zero-order valence-corrected chi connectivity index (χ0v) is 10.5. The van der Waals surface area contributed by atoms with E-state index >= 15 is 0 Å². The Morgan fingerprint density at radius 2 is 1.75 bits per heavy atom. The van der Waals surface area contributed by atoms with Gasteiger partial charge in [0.2, 0.25) is 0 Å². The molecule has 1 heterocycles. The molecular weight excluding hydrogens is 267 g/mol. The van der Waals surface area contributed by atoms with E-state index in [0.29, 0.717) is 16.9 Å². The number of hydrogen-bond donors (Lipinski definition) is 1. The summed E-state index contributed by atoms with van der Waals surface area (Å²) in [5.41, 5.74) is 7.14.